The number of ether oxygens (including phenoxy) is 1. The minimum atomic E-state index is -0.0427. The van der Waals surface area contributed by atoms with E-state index in [0.717, 1.165) is 40.1 Å². The first kappa shape index (κ1) is 16.0. The zero-order valence-corrected chi connectivity index (χ0v) is 14.1. The molecule has 0 aliphatic rings. The lowest BCUT2D eigenvalue weighted by atomic mass is 10.0. The molecule has 1 aromatic heterocycles. The molecule has 6 heteroatoms. The topological polar surface area (TPSA) is 65.1 Å². The van der Waals surface area contributed by atoms with Crippen molar-refractivity contribution in [1.82, 2.24) is 15.2 Å². The normalized spacial score (nSPS) is 12.4. The van der Waals surface area contributed by atoms with Gasteiger partial charge in [0.25, 0.3) is 0 Å². The number of halogens is 1. The fourth-order valence-electron chi connectivity index (χ4n) is 2.47. The Morgan fingerprint density at radius 2 is 2.14 bits per heavy atom. The summed E-state index contributed by atoms with van der Waals surface area (Å²) in [5.41, 5.74) is 6.04. The van der Waals surface area contributed by atoms with E-state index in [9.17, 15) is 0 Å². The summed E-state index contributed by atoms with van der Waals surface area (Å²) in [6, 6.07) is 7.86. The molecule has 1 atom stereocenters. The van der Waals surface area contributed by atoms with Crippen molar-refractivity contribution in [2.75, 3.05) is 7.11 Å². The molecule has 0 amide bonds. The van der Waals surface area contributed by atoms with Gasteiger partial charge >= 0.3 is 0 Å². The summed E-state index contributed by atoms with van der Waals surface area (Å²) in [5, 5.41) is 4.52. The largest absolute Gasteiger partial charge is 0.496 e. The molecule has 1 unspecified atom stereocenters. The zero-order valence-electron chi connectivity index (χ0n) is 12.6. The molecular formula is C15H21BrN4O. The van der Waals surface area contributed by atoms with Gasteiger partial charge in [-0.3, -0.25) is 16.0 Å². The van der Waals surface area contributed by atoms with Crippen LogP contribution in [0, 0.1) is 6.92 Å². The number of rotatable bonds is 6. The number of benzene rings is 1. The summed E-state index contributed by atoms with van der Waals surface area (Å²) < 4.78 is 8.47. The minimum Gasteiger partial charge on any atom is -0.496 e. The van der Waals surface area contributed by atoms with Crippen LogP contribution < -0.4 is 16.0 Å². The van der Waals surface area contributed by atoms with Crippen molar-refractivity contribution in [1.29, 1.82) is 0 Å². The fraction of sp³-hybridized carbons (Fsp3) is 0.400. The summed E-state index contributed by atoms with van der Waals surface area (Å²) in [5.74, 6) is 6.60. The molecule has 0 fully saturated rings. The first-order valence-electron chi connectivity index (χ1n) is 6.93. The van der Waals surface area contributed by atoms with Crippen LogP contribution in [0.25, 0.3) is 0 Å². The van der Waals surface area contributed by atoms with Gasteiger partial charge in [-0.05, 0) is 35.8 Å². The van der Waals surface area contributed by atoms with Gasteiger partial charge in [-0.15, -0.1) is 0 Å². The maximum Gasteiger partial charge on any atom is 0.123 e. The van der Waals surface area contributed by atoms with Gasteiger partial charge in [0, 0.05) is 18.5 Å². The highest BCUT2D eigenvalue weighted by Crippen LogP contribution is 2.30. The Morgan fingerprint density at radius 3 is 2.76 bits per heavy atom. The third-order valence-electron chi connectivity index (χ3n) is 3.57. The molecule has 1 aromatic carbocycles. The second kappa shape index (κ2) is 7.06. The van der Waals surface area contributed by atoms with Crippen LogP contribution in [0.3, 0.4) is 0 Å². The number of nitrogens with one attached hydrogen (secondary N) is 1. The van der Waals surface area contributed by atoms with E-state index in [1.165, 1.54) is 0 Å². The first-order valence-corrected chi connectivity index (χ1v) is 7.72. The van der Waals surface area contributed by atoms with E-state index in [-0.39, 0.29) is 6.04 Å². The van der Waals surface area contributed by atoms with Gasteiger partial charge in [0.2, 0.25) is 0 Å². The van der Waals surface area contributed by atoms with Crippen LogP contribution in [0.5, 0.6) is 5.75 Å². The molecule has 0 saturated carbocycles. The summed E-state index contributed by atoms with van der Waals surface area (Å²) in [6.45, 7) is 4.90. The predicted octanol–water partition coefficient (Wildman–Crippen LogP) is 2.73. The molecule has 0 spiro atoms. The Hall–Kier alpha value is -1.37. The van der Waals surface area contributed by atoms with Gasteiger partial charge < -0.3 is 4.74 Å². The van der Waals surface area contributed by atoms with Gasteiger partial charge in [-0.2, -0.15) is 5.10 Å². The summed E-state index contributed by atoms with van der Waals surface area (Å²) in [7, 11) is 1.67. The number of aryl methyl sites for hydroxylation is 2. The Morgan fingerprint density at radius 1 is 1.43 bits per heavy atom. The number of para-hydroxylation sites is 1. The van der Waals surface area contributed by atoms with Crippen molar-refractivity contribution >= 4 is 15.9 Å². The Labute approximate surface area is 133 Å². The molecule has 1 heterocycles. The van der Waals surface area contributed by atoms with E-state index in [2.05, 4.69) is 33.4 Å². The number of methoxy groups -OCH3 is 1. The Kier molecular flexibility index (Phi) is 5.39. The minimum absolute atomic E-state index is 0.0427. The summed E-state index contributed by atoms with van der Waals surface area (Å²) in [4.78, 5) is 0. The van der Waals surface area contributed by atoms with Crippen LogP contribution in [-0.4, -0.2) is 16.9 Å². The van der Waals surface area contributed by atoms with Gasteiger partial charge in [0.1, 0.15) is 5.75 Å². The highest BCUT2D eigenvalue weighted by molar-refractivity contribution is 9.10. The standard InChI is InChI=1S/C15H21BrN4O/c1-4-20-13(15(16)10(2)19-20)9-12(18-17)11-7-5-6-8-14(11)21-3/h5-8,12,18H,4,9,17H2,1-3H3. The molecular weight excluding hydrogens is 332 g/mol. The summed E-state index contributed by atoms with van der Waals surface area (Å²) >= 11 is 3.62. The Balaban J connectivity index is 2.36. The van der Waals surface area contributed by atoms with Gasteiger partial charge in [-0.25, -0.2) is 0 Å². The zero-order chi connectivity index (χ0) is 15.4. The molecule has 5 nitrogen and oxygen atoms in total. The van der Waals surface area contributed by atoms with Gasteiger partial charge in [0.15, 0.2) is 0 Å². The van der Waals surface area contributed by atoms with E-state index in [1.807, 2.05) is 35.9 Å². The van der Waals surface area contributed by atoms with Crippen molar-refractivity contribution in [2.24, 2.45) is 5.84 Å². The third-order valence-corrected chi connectivity index (χ3v) is 4.60. The second-order valence-electron chi connectivity index (χ2n) is 4.83. The predicted molar refractivity (Wildman–Crippen MR) is 87.1 cm³/mol. The van der Waals surface area contributed by atoms with E-state index >= 15 is 0 Å². The molecule has 2 rings (SSSR count). The average Bonchev–Trinajstić information content (AvgIpc) is 2.79. The molecule has 0 bridgehead atoms. The van der Waals surface area contributed by atoms with Crippen LogP contribution in [0.15, 0.2) is 28.7 Å². The summed E-state index contributed by atoms with van der Waals surface area (Å²) in [6.07, 6.45) is 0.728. The molecule has 0 saturated heterocycles. The third kappa shape index (κ3) is 3.28. The lowest BCUT2D eigenvalue weighted by Gasteiger charge is -2.19. The second-order valence-corrected chi connectivity index (χ2v) is 5.62. The van der Waals surface area contributed by atoms with E-state index in [4.69, 9.17) is 10.6 Å². The van der Waals surface area contributed by atoms with E-state index in [1.54, 1.807) is 7.11 Å². The molecule has 3 N–H and O–H groups in total. The van der Waals surface area contributed by atoms with Gasteiger partial charge in [0.05, 0.1) is 29.0 Å². The van der Waals surface area contributed by atoms with Crippen LogP contribution in [0.4, 0.5) is 0 Å². The number of nitrogens with two attached hydrogens (primary N) is 1. The number of nitrogens with zero attached hydrogens (tertiary/aromatic N) is 2. The van der Waals surface area contributed by atoms with Crippen LogP contribution >= 0.6 is 15.9 Å². The maximum absolute atomic E-state index is 5.77. The van der Waals surface area contributed by atoms with Crippen molar-refractivity contribution in [2.45, 2.75) is 32.9 Å². The van der Waals surface area contributed by atoms with Gasteiger partial charge in [-0.1, -0.05) is 18.2 Å². The van der Waals surface area contributed by atoms with E-state index in [0.29, 0.717) is 0 Å². The van der Waals surface area contributed by atoms with Crippen LogP contribution in [0.2, 0.25) is 0 Å². The Bertz CT molecular complexity index is 612. The SMILES string of the molecule is CCn1nc(C)c(Br)c1CC(NN)c1ccccc1OC. The fourth-order valence-corrected chi connectivity index (χ4v) is 2.92. The average molecular weight is 353 g/mol. The van der Waals surface area contributed by atoms with E-state index < -0.39 is 0 Å². The number of hydrazine groups is 1. The molecule has 0 radical (unpaired) electrons. The van der Waals surface area contributed by atoms with Crippen LogP contribution in [-0.2, 0) is 13.0 Å². The quantitative estimate of drug-likeness (QED) is 0.619. The highest BCUT2D eigenvalue weighted by Gasteiger charge is 2.20. The lowest BCUT2D eigenvalue weighted by Crippen LogP contribution is -2.30. The van der Waals surface area contributed by atoms with Crippen molar-refractivity contribution in [3.63, 3.8) is 0 Å². The van der Waals surface area contributed by atoms with Crippen molar-refractivity contribution < 1.29 is 4.74 Å². The number of hydrogen-bond acceptors (Lipinski definition) is 4. The highest BCUT2D eigenvalue weighted by atomic mass is 79.9. The molecule has 0 aliphatic carbocycles. The number of hydrogen-bond donors (Lipinski definition) is 2. The maximum atomic E-state index is 5.77. The monoisotopic (exact) mass is 352 g/mol. The molecule has 2 aromatic rings. The smallest absolute Gasteiger partial charge is 0.123 e. The molecule has 114 valence electrons. The van der Waals surface area contributed by atoms with Crippen LogP contribution in [0.1, 0.15) is 29.9 Å². The van der Waals surface area contributed by atoms with Crippen molar-refractivity contribution in [3.8, 4) is 5.75 Å². The molecule has 21 heavy (non-hydrogen) atoms. The number of aromatic nitrogens is 2. The molecule has 0 aliphatic heterocycles. The lowest BCUT2D eigenvalue weighted by molar-refractivity contribution is 0.397. The van der Waals surface area contributed by atoms with Crippen molar-refractivity contribution in [3.05, 3.63) is 45.7 Å². The first-order chi connectivity index (χ1) is 10.1.